The molecule has 35 heavy (non-hydrogen) atoms. The molecule has 1 fully saturated rings. The number of hydrogen-bond acceptors (Lipinski definition) is 4. The van der Waals surface area contributed by atoms with Gasteiger partial charge in [0.1, 0.15) is 0 Å². The van der Waals surface area contributed by atoms with Gasteiger partial charge in [-0.1, -0.05) is 53.5 Å². The fraction of sp³-hybridized carbons (Fsp3) is 0.269. The van der Waals surface area contributed by atoms with Crippen molar-refractivity contribution in [2.75, 3.05) is 13.1 Å². The molecule has 3 aromatic rings. The Bertz CT molecular complexity index is 1270. The molecule has 2 aromatic carbocycles. The van der Waals surface area contributed by atoms with Crippen molar-refractivity contribution in [3.63, 3.8) is 0 Å². The van der Waals surface area contributed by atoms with Crippen LogP contribution in [-0.2, 0) is 14.4 Å². The van der Waals surface area contributed by atoms with E-state index < -0.39 is 12.0 Å². The Morgan fingerprint density at radius 3 is 2.51 bits per heavy atom. The van der Waals surface area contributed by atoms with E-state index in [0.29, 0.717) is 41.5 Å². The lowest BCUT2D eigenvalue weighted by Gasteiger charge is -2.31. The molecule has 0 bridgehead atoms. The SMILES string of the molecule is O=C(O)CC(NC(=O)C1CCN(C(=O)C=Cc2cc3ccsc3c(Cl)c2Cl)CC1)c1ccccc1. The van der Waals surface area contributed by atoms with Crippen LogP contribution in [0.15, 0.2) is 53.9 Å². The Morgan fingerprint density at radius 2 is 1.83 bits per heavy atom. The summed E-state index contributed by atoms with van der Waals surface area (Å²) >= 11 is 14.3. The number of carboxylic acid groups (broad SMARTS) is 1. The normalized spacial score (nSPS) is 15.4. The van der Waals surface area contributed by atoms with Crippen LogP contribution in [0.3, 0.4) is 0 Å². The Hall–Kier alpha value is -2.87. The first-order valence-electron chi connectivity index (χ1n) is 11.2. The summed E-state index contributed by atoms with van der Waals surface area (Å²) in [6.07, 6.45) is 3.97. The van der Waals surface area contributed by atoms with E-state index >= 15 is 0 Å². The van der Waals surface area contributed by atoms with Crippen molar-refractivity contribution in [1.82, 2.24) is 10.2 Å². The van der Waals surface area contributed by atoms with Crippen molar-refractivity contribution < 1.29 is 19.5 Å². The second kappa shape index (κ2) is 11.2. The number of nitrogens with one attached hydrogen (secondary N) is 1. The monoisotopic (exact) mass is 530 g/mol. The Labute approximate surface area is 217 Å². The zero-order valence-electron chi connectivity index (χ0n) is 18.7. The number of thiophene rings is 1. The number of benzene rings is 2. The van der Waals surface area contributed by atoms with Gasteiger partial charge in [-0.2, -0.15) is 0 Å². The molecule has 1 aliphatic heterocycles. The molecule has 0 saturated carbocycles. The number of amides is 2. The van der Waals surface area contributed by atoms with Gasteiger partial charge in [0.15, 0.2) is 0 Å². The topological polar surface area (TPSA) is 86.7 Å². The van der Waals surface area contributed by atoms with Crippen molar-refractivity contribution in [2.45, 2.75) is 25.3 Å². The molecule has 0 radical (unpaired) electrons. The molecule has 0 spiro atoms. The first-order chi connectivity index (χ1) is 16.8. The number of aliphatic carboxylic acids is 1. The van der Waals surface area contributed by atoms with Gasteiger partial charge in [0, 0.05) is 25.1 Å². The van der Waals surface area contributed by atoms with Crippen LogP contribution in [0.5, 0.6) is 0 Å². The number of carbonyl (C=O) groups excluding carboxylic acids is 2. The maximum Gasteiger partial charge on any atom is 0.305 e. The Balaban J connectivity index is 1.35. The second-order valence-electron chi connectivity index (χ2n) is 8.44. The molecule has 9 heteroatoms. The van der Waals surface area contributed by atoms with Gasteiger partial charge in [0.05, 0.1) is 27.2 Å². The molecule has 182 valence electrons. The third-order valence-corrected chi connectivity index (χ3v) is 8.07. The van der Waals surface area contributed by atoms with Gasteiger partial charge in [0.2, 0.25) is 11.8 Å². The van der Waals surface area contributed by atoms with E-state index in [9.17, 15) is 19.5 Å². The summed E-state index contributed by atoms with van der Waals surface area (Å²) in [6.45, 7) is 0.877. The predicted molar refractivity (Wildman–Crippen MR) is 140 cm³/mol. The Kier molecular flexibility index (Phi) is 8.11. The molecular formula is C26H24Cl2N2O4S. The molecular weight excluding hydrogens is 507 g/mol. The number of piperidine rings is 1. The van der Waals surface area contributed by atoms with Gasteiger partial charge in [0.25, 0.3) is 0 Å². The van der Waals surface area contributed by atoms with Gasteiger partial charge in [-0.25, -0.2) is 0 Å². The van der Waals surface area contributed by atoms with Crippen molar-refractivity contribution in [1.29, 1.82) is 0 Å². The molecule has 2 N–H and O–H groups in total. The van der Waals surface area contributed by atoms with E-state index in [1.54, 1.807) is 23.1 Å². The number of halogens is 2. The largest absolute Gasteiger partial charge is 0.481 e. The minimum Gasteiger partial charge on any atom is -0.481 e. The fourth-order valence-electron chi connectivity index (χ4n) is 4.22. The van der Waals surface area contributed by atoms with Crippen LogP contribution in [0.1, 0.15) is 36.4 Å². The summed E-state index contributed by atoms with van der Waals surface area (Å²) in [5, 5.41) is 15.9. The van der Waals surface area contributed by atoms with Crippen molar-refractivity contribution in [2.24, 2.45) is 5.92 Å². The summed E-state index contributed by atoms with van der Waals surface area (Å²) in [5.41, 5.74) is 1.43. The highest BCUT2D eigenvalue weighted by atomic mass is 35.5. The molecule has 1 atom stereocenters. The summed E-state index contributed by atoms with van der Waals surface area (Å²) in [4.78, 5) is 38.6. The van der Waals surface area contributed by atoms with E-state index in [0.717, 1.165) is 15.6 Å². The third kappa shape index (κ3) is 6.04. The number of carboxylic acids is 1. The van der Waals surface area contributed by atoms with Crippen LogP contribution < -0.4 is 5.32 Å². The first kappa shape index (κ1) is 25.2. The average Bonchev–Trinajstić information content (AvgIpc) is 3.34. The van der Waals surface area contributed by atoms with Gasteiger partial charge in [-0.05, 0) is 52.9 Å². The van der Waals surface area contributed by atoms with Gasteiger partial charge < -0.3 is 15.3 Å². The highest BCUT2D eigenvalue weighted by Gasteiger charge is 2.29. The van der Waals surface area contributed by atoms with Crippen LogP contribution in [-0.4, -0.2) is 40.9 Å². The molecule has 6 nitrogen and oxygen atoms in total. The summed E-state index contributed by atoms with van der Waals surface area (Å²) < 4.78 is 0.915. The van der Waals surface area contributed by atoms with E-state index in [2.05, 4.69) is 5.32 Å². The standard InChI is InChI=1S/C26H24Cl2N2O4S/c27-23-18(14-19-10-13-35-25(19)24(23)28)6-7-21(31)30-11-8-17(9-12-30)26(34)29-20(15-22(32)33)16-4-2-1-3-5-16/h1-7,10,13-14,17,20H,8-9,11-12,15H2,(H,29,34)(H,32,33). The maximum absolute atomic E-state index is 12.9. The summed E-state index contributed by atoms with van der Waals surface area (Å²) in [7, 11) is 0. The van der Waals surface area contributed by atoms with E-state index in [-0.39, 0.29) is 24.2 Å². The van der Waals surface area contributed by atoms with Crippen LogP contribution >= 0.6 is 34.5 Å². The number of nitrogens with zero attached hydrogens (tertiary/aromatic N) is 1. The minimum atomic E-state index is -0.981. The third-order valence-electron chi connectivity index (χ3n) is 6.13. The highest BCUT2D eigenvalue weighted by Crippen LogP contribution is 2.37. The van der Waals surface area contributed by atoms with Crippen LogP contribution in [0.4, 0.5) is 0 Å². The van der Waals surface area contributed by atoms with E-state index in [1.807, 2.05) is 35.7 Å². The zero-order chi connectivity index (χ0) is 24.9. The quantitative estimate of drug-likeness (QED) is 0.378. The van der Waals surface area contributed by atoms with Crippen molar-refractivity contribution >= 4 is 68.5 Å². The van der Waals surface area contributed by atoms with Gasteiger partial charge in [-0.15, -0.1) is 11.3 Å². The molecule has 1 aromatic heterocycles. The van der Waals surface area contributed by atoms with E-state index in [1.165, 1.54) is 17.4 Å². The molecule has 2 heterocycles. The molecule has 1 unspecified atom stereocenters. The molecule has 1 aliphatic rings. The van der Waals surface area contributed by atoms with Gasteiger partial charge >= 0.3 is 5.97 Å². The molecule has 0 aliphatic carbocycles. The lowest BCUT2D eigenvalue weighted by atomic mass is 9.94. The Morgan fingerprint density at radius 1 is 1.11 bits per heavy atom. The second-order valence-corrected chi connectivity index (χ2v) is 10.1. The minimum absolute atomic E-state index is 0.158. The zero-order valence-corrected chi connectivity index (χ0v) is 21.1. The molecule has 2 amide bonds. The molecule has 4 rings (SSSR count). The van der Waals surface area contributed by atoms with Gasteiger partial charge in [-0.3, -0.25) is 14.4 Å². The van der Waals surface area contributed by atoms with E-state index in [4.69, 9.17) is 23.2 Å². The van der Waals surface area contributed by atoms with Crippen LogP contribution in [0.25, 0.3) is 16.2 Å². The predicted octanol–water partition coefficient (Wildman–Crippen LogP) is 5.79. The van der Waals surface area contributed by atoms with Crippen LogP contribution in [0, 0.1) is 5.92 Å². The lowest BCUT2D eigenvalue weighted by molar-refractivity contribution is -0.138. The lowest BCUT2D eigenvalue weighted by Crippen LogP contribution is -2.43. The number of hydrogen-bond donors (Lipinski definition) is 2. The number of rotatable bonds is 7. The van der Waals surface area contributed by atoms with Crippen LogP contribution in [0.2, 0.25) is 10.0 Å². The number of fused-ring (bicyclic) bond motifs is 1. The smallest absolute Gasteiger partial charge is 0.305 e. The average molecular weight is 531 g/mol. The maximum atomic E-state index is 12.9. The van der Waals surface area contributed by atoms with Crippen molar-refractivity contribution in [3.8, 4) is 0 Å². The molecule has 1 saturated heterocycles. The number of likely N-dealkylation sites (tertiary alicyclic amines) is 1. The van der Waals surface area contributed by atoms with Crippen molar-refractivity contribution in [3.05, 3.63) is 75.1 Å². The highest BCUT2D eigenvalue weighted by molar-refractivity contribution is 7.18. The summed E-state index contributed by atoms with van der Waals surface area (Å²) in [6, 6.07) is 12.3. The first-order valence-corrected chi connectivity index (χ1v) is 12.9. The summed E-state index contributed by atoms with van der Waals surface area (Å²) in [5.74, 6) is -1.61. The number of carbonyl (C=O) groups is 3. The fourth-order valence-corrected chi connectivity index (χ4v) is 5.66.